The number of aromatic nitrogens is 1. The van der Waals surface area contributed by atoms with E-state index in [1.165, 1.54) is 6.21 Å². The van der Waals surface area contributed by atoms with Gasteiger partial charge in [-0.1, -0.05) is 11.2 Å². The second-order valence-corrected chi connectivity index (χ2v) is 4.96. The van der Waals surface area contributed by atoms with Crippen LogP contribution in [-0.4, -0.2) is 30.2 Å². The molecule has 0 radical (unpaired) electrons. The Morgan fingerprint density at radius 3 is 2.62 bits per heavy atom. The summed E-state index contributed by atoms with van der Waals surface area (Å²) in [7, 11) is 3.92. The molecule has 0 aliphatic rings. The van der Waals surface area contributed by atoms with Gasteiger partial charge in [0.1, 0.15) is 11.8 Å². The number of fused-ring (bicyclic) bond motifs is 1. The SMILES string of the molecule is CN(C)c1ccc(/[N+]([O-])=C/c2cccc3nocc23)cc1. The number of nitrogens with zero attached hydrogens (tertiary/aromatic N) is 3. The second kappa shape index (κ2) is 5.28. The van der Waals surface area contributed by atoms with Crippen LogP contribution >= 0.6 is 0 Å². The smallest absolute Gasteiger partial charge is 0.216 e. The highest BCUT2D eigenvalue weighted by molar-refractivity contribution is 5.96. The van der Waals surface area contributed by atoms with E-state index in [-0.39, 0.29) is 0 Å². The van der Waals surface area contributed by atoms with Gasteiger partial charge in [-0.3, -0.25) is 0 Å². The van der Waals surface area contributed by atoms with Crippen molar-refractivity contribution in [3.05, 3.63) is 59.5 Å². The Hall–Kier alpha value is -2.82. The molecule has 5 heteroatoms. The molecule has 0 saturated heterocycles. The average molecular weight is 281 g/mol. The van der Waals surface area contributed by atoms with Gasteiger partial charge in [0.2, 0.25) is 5.69 Å². The molecule has 0 spiro atoms. The number of hydrogen-bond donors (Lipinski definition) is 0. The van der Waals surface area contributed by atoms with E-state index in [2.05, 4.69) is 5.16 Å². The molecule has 0 aliphatic carbocycles. The van der Waals surface area contributed by atoms with Crippen LogP contribution in [0.5, 0.6) is 0 Å². The second-order valence-electron chi connectivity index (χ2n) is 4.96. The highest BCUT2D eigenvalue weighted by atomic mass is 16.5. The molecule has 0 N–H and O–H groups in total. The van der Waals surface area contributed by atoms with Crippen LogP contribution in [0.15, 0.2) is 53.3 Å². The van der Waals surface area contributed by atoms with E-state index >= 15 is 0 Å². The van der Waals surface area contributed by atoms with Gasteiger partial charge >= 0.3 is 0 Å². The van der Waals surface area contributed by atoms with Gasteiger partial charge in [0.15, 0.2) is 6.21 Å². The summed E-state index contributed by atoms with van der Waals surface area (Å²) in [6.45, 7) is 0. The topological polar surface area (TPSA) is 55.3 Å². The van der Waals surface area contributed by atoms with Crippen molar-refractivity contribution in [2.75, 3.05) is 19.0 Å². The largest absolute Gasteiger partial charge is 0.618 e. The Labute approximate surface area is 122 Å². The molecule has 106 valence electrons. The quantitative estimate of drug-likeness (QED) is 0.320. The lowest BCUT2D eigenvalue weighted by Gasteiger charge is -2.12. The van der Waals surface area contributed by atoms with Crippen molar-refractivity contribution < 1.29 is 9.26 Å². The summed E-state index contributed by atoms with van der Waals surface area (Å²) in [5.74, 6) is 0. The highest BCUT2D eigenvalue weighted by Gasteiger charge is 2.07. The van der Waals surface area contributed by atoms with Crippen molar-refractivity contribution in [3.63, 3.8) is 0 Å². The van der Waals surface area contributed by atoms with Crippen LogP contribution in [0, 0.1) is 5.21 Å². The van der Waals surface area contributed by atoms with E-state index in [0.717, 1.165) is 26.9 Å². The number of anilines is 1. The van der Waals surface area contributed by atoms with E-state index in [0.29, 0.717) is 5.69 Å². The molecule has 0 saturated carbocycles. The Balaban J connectivity index is 1.97. The third kappa shape index (κ3) is 2.58. The Bertz CT molecular complexity index is 789. The van der Waals surface area contributed by atoms with E-state index in [1.54, 1.807) is 18.4 Å². The van der Waals surface area contributed by atoms with Crippen LogP contribution in [-0.2, 0) is 0 Å². The number of rotatable bonds is 3. The predicted octanol–water partition coefficient (Wildman–Crippen LogP) is 3.15. The monoisotopic (exact) mass is 281 g/mol. The molecule has 1 aromatic heterocycles. The molecule has 0 atom stereocenters. The minimum atomic E-state index is 0.578. The summed E-state index contributed by atoms with van der Waals surface area (Å²) < 4.78 is 5.79. The fourth-order valence-electron chi connectivity index (χ4n) is 2.13. The molecule has 1 heterocycles. The molecule has 0 unspecified atom stereocenters. The van der Waals surface area contributed by atoms with Gasteiger partial charge < -0.3 is 14.6 Å². The predicted molar refractivity (Wildman–Crippen MR) is 83.2 cm³/mol. The molecule has 0 fully saturated rings. The summed E-state index contributed by atoms with van der Waals surface area (Å²) in [5, 5.41) is 16.9. The molecule has 0 amide bonds. The van der Waals surface area contributed by atoms with Crippen LogP contribution in [0.25, 0.3) is 10.9 Å². The maximum Gasteiger partial charge on any atom is 0.216 e. The van der Waals surface area contributed by atoms with Crippen LogP contribution < -0.4 is 4.90 Å². The lowest BCUT2D eigenvalue weighted by atomic mass is 10.1. The zero-order chi connectivity index (χ0) is 14.8. The van der Waals surface area contributed by atoms with Crippen LogP contribution in [0.4, 0.5) is 11.4 Å². The first kappa shape index (κ1) is 13.2. The van der Waals surface area contributed by atoms with Crippen molar-refractivity contribution >= 4 is 28.5 Å². The van der Waals surface area contributed by atoms with Crippen LogP contribution in [0.2, 0.25) is 0 Å². The lowest BCUT2D eigenvalue weighted by molar-refractivity contribution is -0.354. The Morgan fingerprint density at radius 2 is 1.90 bits per heavy atom. The van der Waals surface area contributed by atoms with Crippen molar-refractivity contribution in [2.45, 2.75) is 0 Å². The Kier molecular flexibility index (Phi) is 3.31. The summed E-state index contributed by atoms with van der Waals surface area (Å²) in [6.07, 6.45) is 3.08. The molecule has 2 aromatic carbocycles. The van der Waals surface area contributed by atoms with Gasteiger partial charge in [-0.05, 0) is 24.3 Å². The third-order valence-corrected chi connectivity index (χ3v) is 3.32. The van der Waals surface area contributed by atoms with Crippen LogP contribution in [0.3, 0.4) is 0 Å². The summed E-state index contributed by atoms with van der Waals surface area (Å²) >= 11 is 0. The highest BCUT2D eigenvalue weighted by Crippen LogP contribution is 2.19. The summed E-state index contributed by atoms with van der Waals surface area (Å²) in [4.78, 5) is 1.99. The van der Waals surface area contributed by atoms with Crippen molar-refractivity contribution in [2.24, 2.45) is 0 Å². The molecule has 3 rings (SSSR count). The first-order valence-electron chi connectivity index (χ1n) is 6.57. The molecule has 3 aromatic rings. The number of hydrogen-bond acceptors (Lipinski definition) is 4. The van der Waals surface area contributed by atoms with E-state index in [9.17, 15) is 5.21 Å². The fraction of sp³-hybridized carbons (Fsp3) is 0.125. The maximum atomic E-state index is 12.3. The first-order valence-corrected chi connectivity index (χ1v) is 6.57. The molecule has 5 nitrogen and oxygen atoms in total. The van der Waals surface area contributed by atoms with Gasteiger partial charge in [0, 0.05) is 31.9 Å². The van der Waals surface area contributed by atoms with Gasteiger partial charge in [0.05, 0.1) is 10.9 Å². The van der Waals surface area contributed by atoms with Crippen molar-refractivity contribution in [3.8, 4) is 0 Å². The third-order valence-electron chi connectivity index (χ3n) is 3.32. The number of benzene rings is 2. The molecular formula is C16H15N3O2. The molecule has 0 aliphatic heterocycles. The molecule has 0 bridgehead atoms. The average Bonchev–Trinajstić information content (AvgIpc) is 2.97. The van der Waals surface area contributed by atoms with E-state index in [1.807, 2.05) is 49.3 Å². The van der Waals surface area contributed by atoms with Gasteiger partial charge in [-0.2, -0.15) is 4.74 Å². The van der Waals surface area contributed by atoms with Gasteiger partial charge in [-0.15, -0.1) is 0 Å². The van der Waals surface area contributed by atoms with Crippen molar-refractivity contribution in [1.29, 1.82) is 0 Å². The van der Waals surface area contributed by atoms with Gasteiger partial charge in [0.25, 0.3) is 0 Å². The fourth-order valence-corrected chi connectivity index (χ4v) is 2.13. The standard InChI is InChI=1S/C16H15N3O2/c1-18(2)13-6-8-14(9-7-13)19(20)10-12-4-3-5-16-15(12)11-21-17-16/h3-11H,1-2H3/b19-10-. The van der Waals surface area contributed by atoms with E-state index < -0.39 is 0 Å². The maximum absolute atomic E-state index is 12.3. The first-order chi connectivity index (χ1) is 10.1. The minimum absolute atomic E-state index is 0.578. The van der Waals surface area contributed by atoms with Gasteiger partial charge in [-0.25, -0.2) is 0 Å². The zero-order valence-corrected chi connectivity index (χ0v) is 11.9. The molecule has 21 heavy (non-hydrogen) atoms. The van der Waals surface area contributed by atoms with E-state index in [4.69, 9.17) is 4.52 Å². The van der Waals surface area contributed by atoms with Crippen molar-refractivity contribution in [1.82, 2.24) is 5.16 Å². The van der Waals surface area contributed by atoms with Crippen LogP contribution in [0.1, 0.15) is 5.56 Å². The molecular weight excluding hydrogens is 266 g/mol. The summed E-state index contributed by atoms with van der Waals surface area (Å²) in [6, 6.07) is 13.0. The lowest BCUT2D eigenvalue weighted by Crippen LogP contribution is -2.08. The normalized spacial score (nSPS) is 11.8. The minimum Gasteiger partial charge on any atom is -0.618 e. The summed E-state index contributed by atoms with van der Waals surface area (Å²) in [5.41, 5.74) is 3.14. The Morgan fingerprint density at radius 1 is 1.14 bits per heavy atom. The zero-order valence-electron chi connectivity index (χ0n) is 11.9.